The molecule has 0 atom stereocenters. The normalized spacial score (nSPS) is 22.2. The maximum atomic E-state index is 5.49. The molecule has 0 radical (unpaired) electrons. The molecule has 136 valence electrons. The van der Waals surface area contributed by atoms with Crippen molar-refractivity contribution in [1.29, 1.82) is 0 Å². The molecule has 0 saturated carbocycles. The summed E-state index contributed by atoms with van der Waals surface area (Å²) in [5, 5.41) is 2.19. The van der Waals surface area contributed by atoms with E-state index in [-0.39, 0.29) is 0 Å². The first kappa shape index (κ1) is 17.3. The molecule has 0 aromatic carbocycles. The minimum absolute atomic E-state index is 0.773. The van der Waals surface area contributed by atoms with Crippen molar-refractivity contribution in [2.45, 2.75) is 38.4 Å². The molecule has 0 unspecified atom stereocenters. The molecule has 0 amide bonds. The smallest absolute Gasteiger partial charge is 0.117 e. The van der Waals surface area contributed by atoms with Crippen LogP contribution in [0, 0.1) is 0 Å². The van der Waals surface area contributed by atoms with E-state index in [2.05, 4.69) is 38.3 Å². The molecular formula is C20H29N3OS. The fraction of sp³-hybridized carbons (Fsp3) is 0.600. The standard InChI is InChI=1S/C20H29N3OS/c1-4-19(24-14-1)16-22-10-6-18(7-11-22)23-9-3-8-21(12-13-23)17-20-5-2-15-25-20/h1-2,4-5,14-15,18H,3,6-13,16-17H2. The lowest BCUT2D eigenvalue weighted by molar-refractivity contribution is 0.103. The van der Waals surface area contributed by atoms with Gasteiger partial charge in [-0.1, -0.05) is 6.07 Å². The Hall–Kier alpha value is -1.14. The zero-order valence-electron chi connectivity index (χ0n) is 15.0. The van der Waals surface area contributed by atoms with E-state index in [4.69, 9.17) is 4.42 Å². The Morgan fingerprint density at radius 2 is 1.80 bits per heavy atom. The summed E-state index contributed by atoms with van der Waals surface area (Å²) in [7, 11) is 0. The number of rotatable bonds is 5. The highest BCUT2D eigenvalue weighted by Crippen LogP contribution is 2.21. The first-order valence-corrected chi connectivity index (χ1v) is 10.5. The summed E-state index contributed by atoms with van der Waals surface area (Å²) < 4.78 is 5.49. The number of piperidine rings is 1. The van der Waals surface area contributed by atoms with Crippen LogP contribution in [0.15, 0.2) is 40.3 Å². The fourth-order valence-electron chi connectivity index (χ4n) is 4.20. The zero-order chi connectivity index (χ0) is 16.9. The lowest BCUT2D eigenvalue weighted by Gasteiger charge is -2.37. The Balaban J connectivity index is 1.23. The lowest BCUT2D eigenvalue weighted by atomic mass is 10.0. The molecule has 2 aromatic heterocycles. The third kappa shape index (κ3) is 4.73. The summed E-state index contributed by atoms with van der Waals surface area (Å²) in [6.07, 6.45) is 5.68. The van der Waals surface area contributed by atoms with Crippen LogP contribution in [0.5, 0.6) is 0 Å². The van der Waals surface area contributed by atoms with Crippen LogP contribution in [0.2, 0.25) is 0 Å². The van der Waals surface area contributed by atoms with Crippen molar-refractivity contribution < 1.29 is 4.42 Å². The third-order valence-corrected chi connectivity index (χ3v) is 6.48. The molecule has 4 nitrogen and oxygen atoms in total. The van der Waals surface area contributed by atoms with Gasteiger partial charge in [-0.15, -0.1) is 11.3 Å². The summed E-state index contributed by atoms with van der Waals surface area (Å²) in [6.45, 7) is 9.44. The van der Waals surface area contributed by atoms with Gasteiger partial charge in [-0.2, -0.15) is 0 Å². The average Bonchev–Trinajstić information content (AvgIpc) is 3.28. The number of hydrogen-bond donors (Lipinski definition) is 0. The van der Waals surface area contributed by atoms with Crippen LogP contribution in [0.25, 0.3) is 0 Å². The van der Waals surface area contributed by atoms with Gasteiger partial charge in [0, 0.05) is 43.6 Å². The van der Waals surface area contributed by atoms with E-state index in [1.165, 1.54) is 63.4 Å². The Morgan fingerprint density at radius 1 is 0.920 bits per heavy atom. The molecule has 4 rings (SSSR count). The van der Waals surface area contributed by atoms with Crippen molar-refractivity contribution >= 4 is 11.3 Å². The van der Waals surface area contributed by atoms with Gasteiger partial charge in [0.15, 0.2) is 0 Å². The Bertz CT molecular complexity index is 605. The molecule has 2 fully saturated rings. The second-order valence-corrected chi connectivity index (χ2v) is 8.36. The predicted octanol–water partition coefficient (Wildman–Crippen LogP) is 3.51. The van der Waals surface area contributed by atoms with Gasteiger partial charge >= 0.3 is 0 Å². The van der Waals surface area contributed by atoms with Crippen LogP contribution in [0.3, 0.4) is 0 Å². The van der Waals surface area contributed by atoms with E-state index in [0.29, 0.717) is 0 Å². The minimum atomic E-state index is 0.773. The van der Waals surface area contributed by atoms with Gasteiger partial charge in [-0.3, -0.25) is 14.7 Å². The topological polar surface area (TPSA) is 22.9 Å². The Kier molecular flexibility index (Phi) is 5.87. The summed E-state index contributed by atoms with van der Waals surface area (Å²) in [5.74, 6) is 1.09. The van der Waals surface area contributed by atoms with E-state index in [0.717, 1.165) is 24.9 Å². The molecule has 2 aromatic rings. The maximum Gasteiger partial charge on any atom is 0.117 e. The van der Waals surface area contributed by atoms with Crippen molar-refractivity contribution in [2.75, 3.05) is 39.3 Å². The molecule has 2 aliphatic heterocycles. The molecule has 5 heteroatoms. The molecule has 25 heavy (non-hydrogen) atoms. The van der Waals surface area contributed by atoms with Crippen molar-refractivity contribution in [2.24, 2.45) is 0 Å². The average molecular weight is 360 g/mol. The van der Waals surface area contributed by atoms with Gasteiger partial charge in [-0.25, -0.2) is 0 Å². The Labute approximate surface area is 155 Å². The van der Waals surface area contributed by atoms with Crippen molar-refractivity contribution in [1.82, 2.24) is 14.7 Å². The van der Waals surface area contributed by atoms with Crippen LogP contribution >= 0.6 is 11.3 Å². The minimum Gasteiger partial charge on any atom is -0.468 e. The van der Waals surface area contributed by atoms with Gasteiger partial charge in [0.2, 0.25) is 0 Å². The second-order valence-electron chi connectivity index (χ2n) is 7.33. The number of nitrogens with zero attached hydrogens (tertiary/aromatic N) is 3. The summed E-state index contributed by atoms with van der Waals surface area (Å²) in [5.41, 5.74) is 0. The number of hydrogen-bond acceptors (Lipinski definition) is 5. The van der Waals surface area contributed by atoms with Gasteiger partial charge < -0.3 is 4.42 Å². The van der Waals surface area contributed by atoms with E-state index in [1.807, 2.05) is 17.4 Å². The van der Waals surface area contributed by atoms with Crippen LogP contribution in [0.1, 0.15) is 29.9 Å². The molecule has 0 spiro atoms. The van der Waals surface area contributed by atoms with Crippen LogP contribution in [-0.2, 0) is 13.1 Å². The summed E-state index contributed by atoms with van der Waals surface area (Å²) in [4.78, 5) is 9.44. The second kappa shape index (κ2) is 8.49. The van der Waals surface area contributed by atoms with Crippen LogP contribution in [0.4, 0.5) is 0 Å². The number of furan rings is 1. The first-order valence-electron chi connectivity index (χ1n) is 9.60. The first-order chi connectivity index (χ1) is 12.4. The number of likely N-dealkylation sites (tertiary alicyclic amines) is 1. The highest BCUT2D eigenvalue weighted by molar-refractivity contribution is 7.09. The van der Waals surface area contributed by atoms with Gasteiger partial charge in [-0.05, 0) is 55.9 Å². The van der Waals surface area contributed by atoms with Crippen LogP contribution in [-0.4, -0.2) is 60.0 Å². The predicted molar refractivity (Wildman–Crippen MR) is 103 cm³/mol. The van der Waals surface area contributed by atoms with Crippen molar-refractivity contribution in [3.05, 3.63) is 46.5 Å². The fourth-order valence-corrected chi connectivity index (χ4v) is 4.95. The quantitative estimate of drug-likeness (QED) is 0.815. The van der Waals surface area contributed by atoms with Gasteiger partial charge in [0.1, 0.15) is 5.76 Å². The van der Waals surface area contributed by atoms with Crippen LogP contribution < -0.4 is 0 Å². The van der Waals surface area contributed by atoms with Crippen molar-refractivity contribution in [3.8, 4) is 0 Å². The molecule has 0 aliphatic carbocycles. The van der Waals surface area contributed by atoms with Gasteiger partial charge in [0.25, 0.3) is 0 Å². The van der Waals surface area contributed by atoms with E-state index >= 15 is 0 Å². The Morgan fingerprint density at radius 3 is 2.56 bits per heavy atom. The lowest BCUT2D eigenvalue weighted by Crippen LogP contribution is -2.45. The number of thiophene rings is 1. The maximum absolute atomic E-state index is 5.49. The monoisotopic (exact) mass is 359 g/mol. The molecule has 0 N–H and O–H groups in total. The highest BCUT2D eigenvalue weighted by atomic mass is 32.1. The molecule has 4 heterocycles. The largest absolute Gasteiger partial charge is 0.468 e. The van der Waals surface area contributed by atoms with Gasteiger partial charge in [0.05, 0.1) is 12.8 Å². The summed E-state index contributed by atoms with van der Waals surface area (Å²) in [6, 6.07) is 9.28. The molecular weight excluding hydrogens is 330 g/mol. The van der Waals surface area contributed by atoms with E-state index < -0.39 is 0 Å². The van der Waals surface area contributed by atoms with E-state index in [9.17, 15) is 0 Å². The molecule has 2 saturated heterocycles. The SMILES string of the molecule is c1coc(CN2CCC(N3CCCN(Cc4cccs4)CC3)CC2)c1. The molecule has 2 aliphatic rings. The summed E-state index contributed by atoms with van der Waals surface area (Å²) >= 11 is 1.89. The highest BCUT2D eigenvalue weighted by Gasteiger charge is 2.26. The van der Waals surface area contributed by atoms with Crippen molar-refractivity contribution in [3.63, 3.8) is 0 Å². The molecule has 0 bridgehead atoms. The third-order valence-electron chi connectivity index (χ3n) is 5.62. The van der Waals surface area contributed by atoms with E-state index in [1.54, 1.807) is 6.26 Å². The zero-order valence-corrected chi connectivity index (χ0v) is 15.8.